The number of nitrogens with one attached hydrogen (secondary N) is 2. The van der Waals surface area contributed by atoms with Crippen LogP contribution < -0.4 is 10.9 Å². The number of hydrogen-bond acceptors (Lipinski definition) is 5. The molecule has 0 radical (unpaired) electrons. The molecule has 0 aliphatic heterocycles. The first-order valence-electron chi connectivity index (χ1n) is 8.57. The molecule has 0 atom stereocenters. The van der Waals surface area contributed by atoms with Gasteiger partial charge >= 0.3 is 0 Å². The fourth-order valence-electron chi connectivity index (χ4n) is 2.42. The third-order valence-corrected chi connectivity index (χ3v) is 4.96. The van der Waals surface area contributed by atoms with Gasteiger partial charge in [-0.15, -0.1) is 0 Å². The molecule has 3 aromatic rings. The maximum Gasteiger partial charge on any atom is 0.266 e. The minimum Gasteiger partial charge on any atom is -0.355 e. The van der Waals surface area contributed by atoms with Gasteiger partial charge in [0.25, 0.3) is 5.56 Å². The second-order valence-electron chi connectivity index (χ2n) is 6.48. The van der Waals surface area contributed by atoms with Crippen LogP contribution in [0.25, 0.3) is 17.0 Å². The van der Waals surface area contributed by atoms with E-state index in [1.165, 1.54) is 22.3 Å². The van der Waals surface area contributed by atoms with Gasteiger partial charge in [0, 0.05) is 23.2 Å². The molecule has 1 amide bonds. The Morgan fingerprint density at radius 3 is 2.89 bits per heavy atom. The highest BCUT2D eigenvalue weighted by atomic mass is 35.5. The summed E-state index contributed by atoms with van der Waals surface area (Å²) < 4.78 is 1.49. The fraction of sp³-hybridized carbons (Fsp3) is 0.333. The molecule has 0 aliphatic rings. The summed E-state index contributed by atoms with van der Waals surface area (Å²) in [6.07, 6.45) is 0.929. The Hall–Kier alpha value is -2.32. The van der Waals surface area contributed by atoms with Crippen LogP contribution in [0.2, 0.25) is 5.02 Å². The van der Waals surface area contributed by atoms with Gasteiger partial charge in [0.1, 0.15) is 0 Å². The number of carbonyl (C=O) groups is 1. The number of fused-ring (bicyclic) bond motifs is 1. The van der Waals surface area contributed by atoms with Gasteiger partial charge in [0.05, 0.1) is 5.75 Å². The Morgan fingerprint density at radius 2 is 2.15 bits per heavy atom. The Morgan fingerprint density at radius 1 is 1.33 bits per heavy atom. The van der Waals surface area contributed by atoms with Gasteiger partial charge in [-0.25, -0.2) is 14.5 Å². The summed E-state index contributed by atoms with van der Waals surface area (Å²) in [6.45, 7) is 4.86. The maximum absolute atomic E-state index is 12.1. The summed E-state index contributed by atoms with van der Waals surface area (Å²) >= 11 is 7.30. The highest BCUT2D eigenvalue weighted by molar-refractivity contribution is 7.99. The molecule has 0 saturated carbocycles. The molecule has 0 spiro atoms. The third-order valence-electron chi connectivity index (χ3n) is 3.78. The summed E-state index contributed by atoms with van der Waals surface area (Å²) in [5.41, 5.74) is 0.894. The molecule has 1 aromatic carbocycles. The van der Waals surface area contributed by atoms with Crippen LogP contribution in [0, 0.1) is 5.92 Å². The van der Waals surface area contributed by atoms with Gasteiger partial charge in [-0.1, -0.05) is 49.3 Å². The topological polar surface area (TPSA) is 92.2 Å². The molecule has 3 rings (SSSR count). The molecule has 9 heteroatoms. The molecule has 142 valence electrons. The number of nitrogens with zero attached hydrogens (tertiary/aromatic N) is 3. The van der Waals surface area contributed by atoms with Gasteiger partial charge in [0.2, 0.25) is 5.91 Å². The van der Waals surface area contributed by atoms with Gasteiger partial charge < -0.3 is 5.32 Å². The summed E-state index contributed by atoms with van der Waals surface area (Å²) in [5.74, 6) is 1.09. The van der Waals surface area contributed by atoms with Crippen molar-refractivity contribution < 1.29 is 4.79 Å². The largest absolute Gasteiger partial charge is 0.355 e. The zero-order chi connectivity index (χ0) is 19.4. The van der Waals surface area contributed by atoms with E-state index in [0.717, 1.165) is 12.0 Å². The summed E-state index contributed by atoms with van der Waals surface area (Å²) in [7, 11) is 0. The first-order chi connectivity index (χ1) is 12.9. The van der Waals surface area contributed by atoms with E-state index in [0.29, 0.717) is 34.1 Å². The Balaban J connectivity index is 1.83. The van der Waals surface area contributed by atoms with Gasteiger partial charge in [0.15, 0.2) is 16.6 Å². The number of aromatic nitrogens is 4. The highest BCUT2D eigenvalue weighted by Crippen LogP contribution is 2.23. The summed E-state index contributed by atoms with van der Waals surface area (Å²) in [5, 5.41) is 6.60. The average Bonchev–Trinajstić information content (AvgIpc) is 2.99. The number of thioether (sulfide) groups is 1. The van der Waals surface area contributed by atoms with Crippen LogP contribution in [0.15, 0.2) is 40.3 Å². The molecular weight excluding hydrogens is 386 g/mol. The van der Waals surface area contributed by atoms with Gasteiger partial charge in [-0.2, -0.15) is 0 Å². The molecule has 0 saturated heterocycles. The van der Waals surface area contributed by atoms with Gasteiger partial charge in [-0.3, -0.25) is 14.7 Å². The van der Waals surface area contributed by atoms with E-state index < -0.39 is 0 Å². The van der Waals surface area contributed by atoms with E-state index in [1.54, 1.807) is 12.1 Å². The van der Waals surface area contributed by atoms with Crippen LogP contribution in [-0.4, -0.2) is 37.8 Å². The van der Waals surface area contributed by atoms with E-state index in [9.17, 15) is 9.59 Å². The van der Waals surface area contributed by atoms with Crippen molar-refractivity contribution in [2.45, 2.75) is 25.4 Å². The number of aromatic amines is 1. The van der Waals surface area contributed by atoms with Crippen LogP contribution in [0.1, 0.15) is 20.3 Å². The molecule has 2 N–H and O–H groups in total. The lowest BCUT2D eigenvalue weighted by molar-refractivity contribution is -0.118. The smallest absolute Gasteiger partial charge is 0.266 e. The normalized spacial score (nSPS) is 11.3. The van der Waals surface area contributed by atoms with E-state index in [2.05, 4.69) is 34.2 Å². The lowest BCUT2D eigenvalue weighted by atomic mass is 10.1. The number of rotatable bonds is 7. The number of H-pyrrole nitrogens is 1. The molecular formula is C18H20ClN5O2S. The Labute approximate surface area is 165 Å². The zero-order valence-corrected chi connectivity index (χ0v) is 16.6. The van der Waals surface area contributed by atoms with Crippen molar-refractivity contribution in [1.29, 1.82) is 0 Å². The third kappa shape index (κ3) is 5.11. The van der Waals surface area contributed by atoms with E-state index in [4.69, 9.17) is 11.6 Å². The van der Waals surface area contributed by atoms with Crippen LogP contribution in [0.5, 0.6) is 0 Å². The predicted molar refractivity (Wildman–Crippen MR) is 107 cm³/mol. The first kappa shape index (κ1) is 19.4. The number of halogens is 1. The minimum atomic E-state index is -0.282. The van der Waals surface area contributed by atoms with Crippen molar-refractivity contribution >= 4 is 34.9 Å². The van der Waals surface area contributed by atoms with Crippen LogP contribution >= 0.6 is 23.4 Å². The zero-order valence-electron chi connectivity index (χ0n) is 15.0. The van der Waals surface area contributed by atoms with Crippen LogP contribution in [0.4, 0.5) is 0 Å². The number of carbonyl (C=O) groups excluding carboxylic acids is 1. The van der Waals surface area contributed by atoms with Crippen molar-refractivity contribution in [3.8, 4) is 11.4 Å². The van der Waals surface area contributed by atoms with Crippen molar-refractivity contribution in [1.82, 2.24) is 24.9 Å². The molecule has 2 heterocycles. The molecule has 7 nitrogen and oxygen atoms in total. The number of benzene rings is 1. The molecule has 0 unspecified atom stereocenters. The van der Waals surface area contributed by atoms with E-state index in [-0.39, 0.29) is 17.2 Å². The average molecular weight is 406 g/mol. The van der Waals surface area contributed by atoms with E-state index in [1.807, 2.05) is 12.1 Å². The molecule has 2 aromatic heterocycles. The first-order valence-corrected chi connectivity index (χ1v) is 9.94. The second kappa shape index (κ2) is 8.58. The molecule has 0 fully saturated rings. The SMILES string of the molecule is CC(C)CCNC(=O)CSc1nc(-c2cccc(Cl)c2)nc2cc(=O)[nH]n12. The highest BCUT2D eigenvalue weighted by Gasteiger charge is 2.13. The predicted octanol–water partition coefficient (Wildman–Crippen LogP) is 2.99. The van der Waals surface area contributed by atoms with E-state index >= 15 is 0 Å². The monoisotopic (exact) mass is 405 g/mol. The lowest BCUT2D eigenvalue weighted by Gasteiger charge is -2.09. The Bertz CT molecular complexity index is 1010. The Kier molecular flexibility index (Phi) is 6.18. The minimum absolute atomic E-state index is 0.0776. The quantitative estimate of drug-likeness (QED) is 0.589. The lowest BCUT2D eigenvalue weighted by Crippen LogP contribution is -2.27. The summed E-state index contributed by atoms with van der Waals surface area (Å²) in [4.78, 5) is 32.7. The summed E-state index contributed by atoms with van der Waals surface area (Å²) in [6, 6.07) is 8.56. The van der Waals surface area contributed by atoms with Crippen LogP contribution in [0.3, 0.4) is 0 Å². The van der Waals surface area contributed by atoms with Crippen molar-refractivity contribution in [2.75, 3.05) is 12.3 Å². The van der Waals surface area contributed by atoms with Crippen molar-refractivity contribution in [3.63, 3.8) is 0 Å². The maximum atomic E-state index is 12.1. The van der Waals surface area contributed by atoms with Crippen molar-refractivity contribution in [2.24, 2.45) is 5.92 Å². The number of hydrogen-bond donors (Lipinski definition) is 2. The van der Waals surface area contributed by atoms with Crippen molar-refractivity contribution in [3.05, 3.63) is 45.7 Å². The standard InChI is InChI=1S/C18H20ClN5O2S/c1-11(2)6-7-20-16(26)10-27-18-22-17(12-4-3-5-13(19)8-12)21-14-9-15(25)23-24(14)18/h3-5,8-9,11H,6-7,10H2,1-2H3,(H,20,26)(H,23,25). The molecule has 27 heavy (non-hydrogen) atoms. The molecule has 0 aliphatic carbocycles. The molecule has 0 bridgehead atoms. The van der Waals surface area contributed by atoms with Crippen LogP contribution in [-0.2, 0) is 4.79 Å². The number of amides is 1. The fourth-order valence-corrected chi connectivity index (χ4v) is 3.39. The van der Waals surface area contributed by atoms with Gasteiger partial charge in [-0.05, 0) is 24.5 Å². The second-order valence-corrected chi connectivity index (χ2v) is 7.85.